The number of ether oxygens (including phenoxy) is 2. The van der Waals surface area contributed by atoms with Gasteiger partial charge in [-0.1, -0.05) is 12.8 Å². The zero-order valence-corrected chi connectivity index (χ0v) is 8.91. The van der Waals surface area contributed by atoms with Crippen LogP contribution < -0.4 is 0 Å². The van der Waals surface area contributed by atoms with Gasteiger partial charge in [0.25, 0.3) is 0 Å². The summed E-state index contributed by atoms with van der Waals surface area (Å²) in [7, 11) is 3.19. The molecule has 3 nitrogen and oxygen atoms in total. The van der Waals surface area contributed by atoms with Crippen molar-refractivity contribution >= 4 is 5.97 Å². The summed E-state index contributed by atoms with van der Waals surface area (Å²) in [6, 6.07) is 0. The lowest BCUT2D eigenvalue weighted by Crippen LogP contribution is -2.61. The summed E-state index contributed by atoms with van der Waals surface area (Å²) < 4.78 is 10.4. The number of hydrogen-bond acceptors (Lipinski definition) is 3. The van der Waals surface area contributed by atoms with E-state index in [0.29, 0.717) is 5.92 Å². The summed E-state index contributed by atoms with van der Waals surface area (Å²) in [5, 5.41) is 0. The third kappa shape index (κ3) is 1.18. The van der Waals surface area contributed by atoms with E-state index >= 15 is 0 Å². The first-order valence-corrected chi connectivity index (χ1v) is 5.37. The van der Waals surface area contributed by atoms with E-state index in [4.69, 9.17) is 9.47 Å². The molecule has 0 unspecified atom stereocenters. The Morgan fingerprint density at radius 1 is 1.36 bits per heavy atom. The van der Waals surface area contributed by atoms with Gasteiger partial charge in [0.15, 0.2) is 0 Å². The molecular weight excluding hydrogens is 180 g/mol. The fraction of sp³-hybridized carbons (Fsp3) is 0.909. The van der Waals surface area contributed by atoms with E-state index in [9.17, 15) is 4.79 Å². The van der Waals surface area contributed by atoms with Crippen LogP contribution in [0.5, 0.6) is 0 Å². The Hall–Kier alpha value is -0.570. The molecule has 80 valence electrons. The number of methoxy groups -OCH3 is 2. The van der Waals surface area contributed by atoms with Gasteiger partial charge in [-0.25, -0.2) is 0 Å². The predicted octanol–water partition coefficient (Wildman–Crippen LogP) is 1.75. The fourth-order valence-electron chi connectivity index (χ4n) is 3.19. The van der Waals surface area contributed by atoms with Crippen molar-refractivity contribution in [1.29, 1.82) is 0 Å². The largest absolute Gasteiger partial charge is 0.469 e. The van der Waals surface area contributed by atoms with Crippen molar-refractivity contribution in [3.05, 3.63) is 0 Å². The highest BCUT2D eigenvalue weighted by atomic mass is 16.5. The third-order valence-corrected chi connectivity index (χ3v) is 4.04. The lowest BCUT2D eigenvalue weighted by atomic mass is 9.55. The van der Waals surface area contributed by atoms with Crippen LogP contribution in [0.3, 0.4) is 0 Å². The topological polar surface area (TPSA) is 35.5 Å². The van der Waals surface area contributed by atoms with Crippen LogP contribution in [0.4, 0.5) is 0 Å². The van der Waals surface area contributed by atoms with Crippen molar-refractivity contribution in [3.8, 4) is 0 Å². The third-order valence-electron chi connectivity index (χ3n) is 4.04. The van der Waals surface area contributed by atoms with Gasteiger partial charge in [-0.05, 0) is 25.2 Å². The maximum absolute atomic E-state index is 11.5. The van der Waals surface area contributed by atoms with Gasteiger partial charge in [-0.15, -0.1) is 0 Å². The molecule has 2 fully saturated rings. The van der Waals surface area contributed by atoms with Gasteiger partial charge in [-0.3, -0.25) is 4.79 Å². The van der Waals surface area contributed by atoms with E-state index in [1.54, 1.807) is 7.11 Å². The van der Waals surface area contributed by atoms with E-state index in [2.05, 4.69) is 0 Å². The summed E-state index contributed by atoms with van der Waals surface area (Å²) in [5.41, 5.74) is -0.175. The summed E-state index contributed by atoms with van der Waals surface area (Å²) in [5.74, 6) is 0.484. The average Bonchev–Trinajstić information content (AvgIpc) is 2.20. The molecule has 0 radical (unpaired) electrons. The second-order valence-electron chi connectivity index (χ2n) is 4.41. The molecule has 0 bridgehead atoms. The molecule has 0 N–H and O–H groups in total. The van der Waals surface area contributed by atoms with Crippen molar-refractivity contribution in [2.75, 3.05) is 14.2 Å². The molecule has 2 aliphatic rings. The number of carbonyl (C=O) groups excluding carboxylic acids is 1. The zero-order chi connectivity index (χ0) is 10.2. The second kappa shape index (κ2) is 3.54. The average molecular weight is 198 g/mol. The number of esters is 1. The highest BCUT2D eigenvalue weighted by molar-refractivity contribution is 5.75. The van der Waals surface area contributed by atoms with Crippen molar-refractivity contribution in [2.45, 2.75) is 37.7 Å². The lowest BCUT2D eigenvalue weighted by molar-refractivity contribution is -0.210. The Labute approximate surface area is 84.8 Å². The monoisotopic (exact) mass is 198 g/mol. The molecule has 2 rings (SSSR count). The van der Waals surface area contributed by atoms with Crippen molar-refractivity contribution < 1.29 is 14.3 Å². The Balaban J connectivity index is 2.12. The van der Waals surface area contributed by atoms with Gasteiger partial charge in [0.05, 0.1) is 18.6 Å². The number of hydrogen-bond donors (Lipinski definition) is 0. The first kappa shape index (κ1) is 9.97. The first-order valence-electron chi connectivity index (χ1n) is 5.37. The predicted molar refractivity (Wildman–Crippen MR) is 51.8 cm³/mol. The van der Waals surface area contributed by atoms with E-state index < -0.39 is 0 Å². The number of fused-ring (bicyclic) bond motifs is 1. The fourth-order valence-corrected chi connectivity index (χ4v) is 3.19. The molecule has 3 heteroatoms. The van der Waals surface area contributed by atoms with Gasteiger partial charge in [0.1, 0.15) is 0 Å². The van der Waals surface area contributed by atoms with E-state index in [1.807, 2.05) is 0 Å². The van der Waals surface area contributed by atoms with Crippen LogP contribution in [0, 0.1) is 11.8 Å². The van der Waals surface area contributed by atoms with E-state index in [0.717, 1.165) is 12.8 Å². The molecule has 0 aromatic heterocycles. The van der Waals surface area contributed by atoms with Crippen LogP contribution >= 0.6 is 0 Å². The SMILES string of the molecule is COC(=O)[C@@H]1C[C@@H]2CCCC[C@@]21OC. The van der Waals surface area contributed by atoms with Crippen LogP contribution in [0.25, 0.3) is 0 Å². The molecule has 0 aromatic carbocycles. The molecule has 3 atom stereocenters. The van der Waals surface area contributed by atoms with Crippen LogP contribution in [0.15, 0.2) is 0 Å². The highest BCUT2D eigenvalue weighted by Crippen LogP contribution is 2.55. The van der Waals surface area contributed by atoms with Crippen LogP contribution in [-0.4, -0.2) is 25.8 Å². The van der Waals surface area contributed by atoms with Gasteiger partial charge < -0.3 is 9.47 Å². The quantitative estimate of drug-likeness (QED) is 0.634. The highest BCUT2D eigenvalue weighted by Gasteiger charge is 2.59. The zero-order valence-electron chi connectivity index (χ0n) is 8.91. The number of carbonyl (C=O) groups is 1. The van der Waals surface area contributed by atoms with Gasteiger partial charge in [0.2, 0.25) is 0 Å². The Morgan fingerprint density at radius 3 is 2.71 bits per heavy atom. The second-order valence-corrected chi connectivity index (χ2v) is 4.41. The van der Waals surface area contributed by atoms with Gasteiger partial charge in [-0.2, -0.15) is 0 Å². The summed E-state index contributed by atoms with van der Waals surface area (Å²) in [6.45, 7) is 0. The lowest BCUT2D eigenvalue weighted by Gasteiger charge is -2.56. The normalized spacial score (nSPS) is 41.0. The molecule has 2 aliphatic carbocycles. The van der Waals surface area contributed by atoms with Crippen LogP contribution in [-0.2, 0) is 14.3 Å². The molecule has 14 heavy (non-hydrogen) atoms. The maximum atomic E-state index is 11.5. The number of rotatable bonds is 2. The smallest absolute Gasteiger partial charge is 0.311 e. The van der Waals surface area contributed by atoms with Gasteiger partial charge >= 0.3 is 5.97 Å². The summed E-state index contributed by atoms with van der Waals surface area (Å²) >= 11 is 0. The molecule has 0 spiro atoms. The minimum Gasteiger partial charge on any atom is -0.469 e. The Kier molecular flexibility index (Phi) is 2.52. The molecule has 0 aromatic rings. The van der Waals surface area contributed by atoms with Crippen LogP contribution in [0.2, 0.25) is 0 Å². The van der Waals surface area contributed by atoms with Crippen molar-refractivity contribution in [2.24, 2.45) is 11.8 Å². The van der Waals surface area contributed by atoms with E-state index in [1.165, 1.54) is 26.4 Å². The standard InChI is InChI=1S/C11H18O3/c1-13-10(12)9-7-8-5-3-4-6-11(8,9)14-2/h8-9H,3-7H2,1-2H3/t8-,9-,11+/m0/s1. The summed E-state index contributed by atoms with van der Waals surface area (Å²) in [4.78, 5) is 11.5. The molecule has 0 aliphatic heterocycles. The molecule has 0 heterocycles. The first-order chi connectivity index (χ1) is 6.74. The Bertz CT molecular complexity index is 239. The Morgan fingerprint density at radius 2 is 2.14 bits per heavy atom. The molecule has 0 amide bonds. The summed E-state index contributed by atoms with van der Waals surface area (Å²) in [6.07, 6.45) is 5.65. The maximum Gasteiger partial charge on any atom is 0.311 e. The minimum absolute atomic E-state index is 0.0113. The molecule has 0 saturated heterocycles. The van der Waals surface area contributed by atoms with Crippen molar-refractivity contribution in [3.63, 3.8) is 0 Å². The van der Waals surface area contributed by atoms with Gasteiger partial charge in [0, 0.05) is 7.11 Å². The molecule has 2 saturated carbocycles. The van der Waals surface area contributed by atoms with E-state index in [-0.39, 0.29) is 17.5 Å². The minimum atomic E-state index is -0.175. The van der Waals surface area contributed by atoms with Crippen molar-refractivity contribution in [1.82, 2.24) is 0 Å². The molecular formula is C11H18O3. The van der Waals surface area contributed by atoms with Crippen LogP contribution in [0.1, 0.15) is 32.1 Å².